The van der Waals surface area contributed by atoms with Crippen LogP contribution in [0.3, 0.4) is 0 Å². The summed E-state index contributed by atoms with van der Waals surface area (Å²) in [7, 11) is -5.97. The Morgan fingerprint density at radius 2 is 0.637 bits per heavy atom. The molecular weight excluding hydrogens is 1700 g/mol. The fourth-order valence-electron chi connectivity index (χ4n) is 11.1. The summed E-state index contributed by atoms with van der Waals surface area (Å²) in [5, 5.41) is 66.9. The normalized spacial score (nSPS) is 17.8. The molecular formula is C70H110N36O14S4. The van der Waals surface area contributed by atoms with E-state index in [-0.39, 0.29) is 93.4 Å². The lowest BCUT2D eigenvalue weighted by molar-refractivity contribution is -0.112. The second-order valence-corrected chi connectivity index (χ2v) is 36.1. The van der Waals surface area contributed by atoms with Gasteiger partial charge in [0.15, 0.2) is 0 Å². The fraction of sp³-hybridized carbons (Fsp3) is 0.600. The Balaban J connectivity index is 0.000000192. The molecule has 54 heteroatoms. The van der Waals surface area contributed by atoms with Gasteiger partial charge >= 0.3 is 51.2 Å². The van der Waals surface area contributed by atoms with Crippen LogP contribution in [0.1, 0.15) is 176 Å². The van der Waals surface area contributed by atoms with Crippen molar-refractivity contribution in [1.29, 1.82) is 0 Å². The fourth-order valence-corrected chi connectivity index (χ4v) is 14.0. The van der Waals surface area contributed by atoms with Crippen LogP contribution >= 0.6 is 11.8 Å². The molecule has 4 saturated carbocycles. The molecule has 15 rings (SSSR count). The van der Waals surface area contributed by atoms with Crippen molar-refractivity contribution in [3.63, 3.8) is 0 Å². The second-order valence-electron chi connectivity index (χ2n) is 28.7. The molecule has 11 heterocycles. The van der Waals surface area contributed by atoms with Crippen LogP contribution in [0.4, 0.5) is 0 Å². The molecule has 124 heavy (non-hydrogen) atoms. The summed E-state index contributed by atoms with van der Waals surface area (Å²) in [5.41, 5.74) is -1.97. The van der Waals surface area contributed by atoms with Gasteiger partial charge < -0.3 is 4.74 Å². The number of nitrogens with zero attached hydrogens (tertiary/aromatic N) is 36. The van der Waals surface area contributed by atoms with Gasteiger partial charge in [-0.2, -0.15) is 96.0 Å². The first-order valence-electron chi connectivity index (χ1n) is 39.7. The van der Waals surface area contributed by atoms with E-state index in [0.29, 0.717) is 50.1 Å². The molecule has 0 bridgehead atoms. The highest BCUT2D eigenvalue weighted by Crippen LogP contribution is 2.32. The molecule has 9 aromatic rings. The van der Waals surface area contributed by atoms with E-state index in [4.69, 9.17) is 4.74 Å². The molecule has 0 spiro atoms. The number of tetrazole rings is 9. The summed E-state index contributed by atoms with van der Waals surface area (Å²) >= 11 is 1.67. The predicted molar refractivity (Wildman–Crippen MR) is 469 cm³/mol. The molecule has 2 aliphatic heterocycles. The maximum absolute atomic E-state index is 11.7. The first-order valence-corrected chi connectivity index (χ1v) is 46.9. The summed E-state index contributed by atoms with van der Waals surface area (Å²) in [6.45, 7) is 21.3. The maximum Gasteiger partial charge on any atom is 0.368 e. The number of allylic oxidation sites excluding steroid dienone is 9. The van der Waals surface area contributed by atoms with Crippen molar-refractivity contribution < 1.29 is 21.6 Å². The lowest BCUT2D eigenvalue weighted by atomic mass is 9.89. The third-order valence-electron chi connectivity index (χ3n) is 18.6. The summed E-state index contributed by atoms with van der Waals surface area (Å²) in [5.74, 6) is 5.56. The zero-order valence-corrected chi connectivity index (χ0v) is 75.0. The first kappa shape index (κ1) is 99.0. The van der Waals surface area contributed by atoms with Crippen LogP contribution in [0.2, 0.25) is 0 Å². The van der Waals surface area contributed by atoms with Crippen LogP contribution in [-0.4, -0.2) is 262 Å². The Morgan fingerprint density at radius 3 is 0.863 bits per heavy atom. The van der Waals surface area contributed by atoms with Gasteiger partial charge in [-0.3, -0.25) is 8.42 Å². The minimum atomic E-state index is -3.10. The number of aromatic nitrogens is 36. The average molecular weight is 1810 g/mol. The highest BCUT2D eigenvalue weighted by Gasteiger charge is 2.36. The van der Waals surface area contributed by atoms with Crippen LogP contribution in [-0.2, 0) is 61.1 Å². The third kappa shape index (κ3) is 28.5. The van der Waals surface area contributed by atoms with Crippen LogP contribution in [0.5, 0.6) is 0 Å². The molecule has 6 fully saturated rings. The van der Waals surface area contributed by atoms with Crippen molar-refractivity contribution in [3.05, 3.63) is 149 Å². The standard InChI is InChI=1S/C9H14N4O2.C8H12N4O2S.4C8H12N4O.C7H12N4O3S.C7H12N4O2S.C7H12N4OS/c1-3-4-12-8(14)13(11-10-12)5-9(2)6-15-7-9;1-3-4-11-8(13)12(10-9-11)7-5-15(2,14)6-7;4*1-2-6-11-8(13)12(10-9-11)7-4-3-5-7;1-3-4-10-7(12)11(9-8-10)5-6-15(2,13)14;1-3-4-10-7(12)11(9-8-10)5-6-14(2)13;1-3-4-10-7(12)11(9-8-10)5-6-13-2/h3-4H,5-7H2,1-2H3;3-4,7H,2,5-6H2,1H3;4*2,6-7H,3-5H2,1H3;3-4H,5-6H2,1-2H3;3-4H,5-6H2,1-2H3;3-4H,5-6H2,1-2H3/b2*4-3+;4*6-2+;3*4-3+. The molecule has 1 atom stereocenters. The molecule has 4 aliphatic carbocycles. The summed E-state index contributed by atoms with van der Waals surface area (Å²) in [6.07, 6.45) is 47.6. The Kier molecular flexibility index (Phi) is 38.9. The maximum atomic E-state index is 11.7. The highest BCUT2D eigenvalue weighted by atomic mass is 32.2. The van der Waals surface area contributed by atoms with Gasteiger partial charge in [-0.25, -0.2) is 51.6 Å². The molecule has 0 amide bonds. The Labute approximate surface area is 717 Å². The average Bonchev–Trinajstić information content (AvgIpc) is 1.42. The summed E-state index contributed by atoms with van der Waals surface area (Å²) < 4.78 is 72.0. The van der Waals surface area contributed by atoms with Crippen molar-refractivity contribution in [2.45, 2.75) is 203 Å². The van der Waals surface area contributed by atoms with E-state index in [0.717, 1.165) is 82.1 Å². The van der Waals surface area contributed by atoms with Gasteiger partial charge in [-0.1, -0.05) is 61.6 Å². The van der Waals surface area contributed by atoms with E-state index < -0.39 is 35.8 Å². The van der Waals surface area contributed by atoms with Gasteiger partial charge in [0.05, 0.1) is 75.4 Å². The van der Waals surface area contributed by atoms with E-state index in [1.165, 1.54) is 110 Å². The van der Waals surface area contributed by atoms with E-state index in [1.807, 2.05) is 47.8 Å². The smallest absolute Gasteiger partial charge is 0.368 e. The van der Waals surface area contributed by atoms with Gasteiger partial charge in [0, 0.05) is 108 Å². The number of hydrogen-bond donors (Lipinski definition) is 0. The number of ether oxygens (including phenoxy) is 1. The number of hydrogen-bond acceptors (Lipinski definition) is 33. The van der Waals surface area contributed by atoms with Gasteiger partial charge in [0.25, 0.3) is 0 Å². The second kappa shape index (κ2) is 48.7. The topological polar surface area (TPSA) is 552 Å². The number of sulfone groups is 1. The zero-order valence-electron chi connectivity index (χ0n) is 71.7. The van der Waals surface area contributed by atoms with E-state index in [1.54, 1.807) is 131 Å². The Hall–Kier alpha value is -12.1. The van der Waals surface area contributed by atoms with Gasteiger partial charge in [-0.15, -0.1) is 0 Å². The largest absolute Gasteiger partial charge is 0.380 e. The number of thioether (sulfide) groups is 1. The molecule has 678 valence electrons. The van der Waals surface area contributed by atoms with Crippen LogP contribution in [0, 0.1) is 5.41 Å². The Bertz CT molecular complexity index is 5680. The predicted octanol–water partition coefficient (Wildman–Crippen LogP) is 0.367. The third-order valence-corrected chi connectivity index (χ3v) is 22.9. The first-order chi connectivity index (χ1) is 59.4. The van der Waals surface area contributed by atoms with Crippen LogP contribution in [0.25, 0.3) is 55.8 Å². The highest BCUT2D eigenvalue weighted by molar-refractivity contribution is 8.01. The number of rotatable bonds is 25. The lowest BCUT2D eigenvalue weighted by Gasteiger charge is -2.37. The quantitative estimate of drug-likeness (QED) is 0.0697. The monoisotopic (exact) mass is 1810 g/mol. The van der Waals surface area contributed by atoms with Gasteiger partial charge in [-0.05, 0) is 255 Å². The van der Waals surface area contributed by atoms with E-state index >= 15 is 0 Å². The molecule has 1 unspecified atom stereocenters. The van der Waals surface area contributed by atoms with Crippen molar-refractivity contribution >= 4 is 104 Å². The lowest BCUT2D eigenvalue weighted by Crippen LogP contribution is -2.45. The minimum absolute atomic E-state index is 0.0230. The van der Waals surface area contributed by atoms with Crippen molar-refractivity contribution in [2.75, 3.05) is 60.7 Å². The molecule has 50 nitrogen and oxygen atoms in total. The van der Waals surface area contributed by atoms with E-state index in [2.05, 4.69) is 107 Å². The van der Waals surface area contributed by atoms with Crippen LogP contribution in [0.15, 0.2) is 97.8 Å². The van der Waals surface area contributed by atoms with Gasteiger partial charge in [0.1, 0.15) is 9.84 Å². The molecule has 2 saturated heterocycles. The molecule has 0 radical (unpaired) electrons. The summed E-state index contributed by atoms with van der Waals surface area (Å²) in [6, 6.07) is 1.03. The van der Waals surface area contributed by atoms with Crippen molar-refractivity contribution in [1.82, 2.24) is 178 Å². The number of aryl methyl sites for hydroxylation is 3. The zero-order chi connectivity index (χ0) is 90.7. The van der Waals surface area contributed by atoms with E-state index in [9.17, 15) is 60.0 Å². The SMILES string of the molecule is C/C=C/n1nnn(C2CCC2)c1=O.C/C=C/n1nnn(C2CCC2)c1=O.C/C=C/n1nnn(C2CCC2)c1=O.C/C=C/n1nnn(C2CCC2)c1=O.C/C=C/n1nnn(CC2(C)COC2)c1=O.C/C=C/n1nnn(CCS(C)(=O)=O)c1=O.C/C=C/n1nnn(CCS(C)=O)c1=O.C/C=C/n1nnn(CCSC)c1=O.C=S1(=O)CC(n2nnn(/C=C/C)c2=O)C1. The molecule has 0 aromatic carbocycles. The minimum Gasteiger partial charge on any atom is -0.380 e. The van der Waals surface area contributed by atoms with Crippen molar-refractivity contribution in [3.8, 4) is 0 Å². The molecule has 0 N–H and O–H groups in total. The Morgan fingerprint density at radius 1 is 0.395 bits per heavy atom. The molecule has 9 aromatic heterocycles. The van der Waals surface area contributed by atoms with Crippen LogP contribution < -0.4 is 51.2 Å². The van der Waals surface area contributed by atoms with Crippen molar-refractivity contribution in [2.24, 2.45) is 5.41 Å². The van der Waals surface area contributed by atoms with Gasteiger partial charge in [0.2, 0.25) is 0 Å². The summed E-state index contributed by atoms with van der Waals surface area (Å²) in [4.78, 5) is 104. The molecule has 6 aliphatic rings.